The number of hydrogen-bond acceptors (Lipinski definition) is 7. The fourth-order valence-corrected chi connectivity index (χ4v) is 5.08. The molecule has 1 aromatic heterocycles. The Hall–Kier alpha value is -2.70. The van der Waals surface area contributed by atoms with Crippen molar-refractivity contribution in [2.75, 3.05) is 24.3 Å². The van der Waals surface area contributed by atoms with E-state index in [2.05, 4.69) is 28.2 Å². The summed E-state index contributed by atoms with van der Waals surface area (Å²) < 4.78 is 0. The second-order valence-corrected chi connectivity index (χ2v) is 10.1. The Morgan fingerprint density at radius 1 is 1.22 bits per heavy atom. The van der Waals surface area contributed by atoms with Crippen LogP contribution in [0.4, 0.5) is 0 Å². The Labute approximate surface area is 219 Å². The zero-order chi connectivity index (χ0) is 26.2. The number of para-hydroxylation sites is 1. The number of carboxylic acid groups (broad SMARTS) is 1. The lowest BCUT2D eigenvalue weighted by molar-refractivity contribution is -0.149. The SMILES string of the molecule is CSCCC(NC(=O)C(N)Cc1c[nH]c2ccccc12)C(=O)NC(CS)C(=O)N1CCCC1C(=O)O. The standard InChI is InChI=1S/C24H33N5O5S2/c1-36-10-8-18(22(31)28-19(13-35)23(32)29-9-4-7-20(29)24(33)34)27-21(30)16(25)11-14-12-26-17-6-3-2-5-15(14)17/h2-3,5-6,12,16,18-20,26,35H,4,7-11,13,25H2,1H3,(H,27,30)(H,28,31)(H,33,34). The van der Waals surface area contributed by atoms with Crippen LogP contribution in [0, 0.1) is 0 Å². The minimum absolute atomic E-state index is 0.00329. The van der Waals surface area contributed by atoms with Crippen molar-refractivity contribution in [3.8, 4) is 0 Å². The number of benzene rings is 1. The molecule has 36 heavy (non-hydrogen) atoms. The van der Waals surface area contributed by atoms with Gasteiger partial charge in [0.15, 0.2) is 0 Å². The van der Waals surface area contributed by atoms with E-state index in [1.54, 1.807) is 0 Å². The maximum atomic E-state index is 13.1. The smallest absolute Gasteiger partial charge is 0.326 e. The van der Waals surface area contributed by atoms with Crippen LogP contribution in [0.25, 0.3) is 10.9 Å². The third-order valence-corrected chi connectivity index (χ3v) is 7.32. The summed E-state index contributed by atoms with van der Waals surface area (Å²) in [6.07, 6.45) is 5.29. The maximum absolute atomic E-state index is 13.1. The molecule has 2 aromatic rings. The van der Waals surface area contributed by atoms with E-state index in [0.29, 0.717) is 31.6 Å². The number of nitrogens with two attached hydrogens (primary N) is 1. The molecule has 1 aromatic carbocycles. The van der Waals surface area contributed by atoms with Crippen LogP contribution < -0.4 is 16.4 Å². The Morgan fingerprint density at radius 2 is 1.94 bits per heavy atom. The monoisotopic (exact) mass is 535 g/mol. The molecule has 196 valence electrons. The number of aliphatic carboxylic acids is 1. The first kappa shape index (κ1) is 27.9. The number of aromatic amines is 1. The topological polar surface area (TPSA) is 158 Å². The van der Waals surface area contributed by atoms with Gasteiger partial charge in [-0.15, -0.1) is 0 Å². The number of H-pyrrole nitrogens is 1. The molecule has 10 nitrogen and oxygen atoms in total. The molecule has 1 fully saturated rings. The predicted octanol–water partition coefficient (Wildman–Crippen LogP) is 0.766. The molecule has 3 rings (SSSR count). The number of thioether (sulfide) groups is 1. The van der Waals surface area contributed by atoms with Crippen molar-refractivity contribution in [3.05, 3.63) is 36.0 Å². The molecule has 0 radical (unpaired) electrons. The van der Waals surface area contributed by atoms with E-state index in [1.807, 2.05) is 36.7 Å². The number of amides is 3. The van der Waals surface area contributed by atoms with Gasteiger partial charge in [-0.2, -0.15) is 24.4 Å². The molecule has 0 saturated carbocycles. The van der Waals surface area contributed by atoms with E-state index in [9.17, 15) is 24.3 Å². The summed E-state index contributed by atoms with van der Waals surface area (Å²) in [6.45, 7) is 0.311. The number of rotatable bonds is 12. The van der Waals surface area contributed by atoms with Crippen LogP contribution in [0.15, 0.2) is 30.5 Å². The second-order valence-electron chi connectivity index (χ2n) is 8.78. The summed E-state index contributed by atoms with van der Waals surface area (Å²) >= 11 is 5.72. The molecule has 1 aliphatic rings. The van der Waals surface area contributed by atoms with Crippen molar-refractivity contribution in [1.82, 2.24) is 20.5 Å². The zero-order valence-corrected chi connectivity index (χ0v) is 21.8. The molecular formula is C24H33N5O5S2. The van der Waals surface area contributed by atoms with Crippen LogP contribution in [0.2, 0.25) is 0 Å². The largest absolute Gasteiger partial charge is 0.480 e. The number of hydrogen-bond donors (Lipinski definition) is 6. The molecule has 4 unspecified atom stereocenters. The number of carboxylic acids is 1. The van der Waals surface area contributed by atoms with Crippen molar-refractivity contribution in [1.29, 1.82) is 0 Å². The Kier molecular flexibility index (Phi) is 10.1. The highest BCUT2D eigenvalue weighted by Gasteiger charge is 2.38. The van der Waals surface area contributed by atoms with Crippen LogP contribution >= 0.6 is 24.4 Å². The summed E-state index contributed by atoms with van der Waals surface area (Å²) in [5.74, 6) is -1.97. The van der Waals surface area contributed by atoms with Gasteiger partial charge in [0, 0.05) is 29.4 Å². The summed E-state index contributed by atoms with van der Waals surface area (Å²) in [7, 11) is 0. The average Bonchev–Trinajstić information content (AvgIpc) is 3.52. The molecule has 1 aliphatic heterocycles. The molecule has 0 aliphatic carbocycles. The van der Waals surface area contributed by atoms with Gasteiger partial charge in [0.25, 0.3) is 0 Å². The van der Waals surface area contributed by atoms with Gasteiger partial charge in [-0.1, -0.05) is 18.2 Å². The van der Waals surface area contributed by atoms with E-state index >= 15 is 0 Å². The Morgan fingerprint density at radius 3 is 2.64 bits per heavy atom. The predicted molar refractivity (Wildman–Crippen MR) is 143 cm³/mol. The number of fused-ring (bicyclic) bond motifs is 1. The number of thiol groups is 1. The molecule has 0 bridgehead atoms. The van der Waals surface area contributed by atoms with Crippen molar-refractivity contribution < 1.29 is 24.3 Å². The minimum atomic E-state index is -1.07. The number of nitrogens with one attached hydrogen (secondary N) is 3. The minimum Gasteiger partial charge on any atom is -0.480 e. The summed E-state index contributed by atoms with van der Waals surface area (Å²) in [6, 6.07) is 4.02. The van der Waals surface area contributed by atoms with E-state index in [4.69, 9.17) is 5.73 Å². The van der Waals surface area contributed by atoms with Crippen LogP contribution in [0.3, 0.4) is 0 Å². The third kappa shape index (κ3) is 6.74. The molecule has 6 N–H and O–H groups in total. The van der Waals surface area contributed by atoms with Crippen molar-refractivity contribution in [2.24, 2.45) is 5.73 Å². The van der Waals surface area contributed by atoms with Gasteiger partial charge >= 0.3 is 5.97 Å². The van der Waals surface area contributed by atoms with Crippen molar-refractivity contribution in [3.63, 3.8) is 0 Å². The van der Waals surface area contributed by atoms with Gasteiger partial charge in [0.1, 0.15) is 18.1 Å². The van der Waals surface area contributed by atoms with Gasteiger partial charge in [-0.25, -0.2) is 4.79 Å². The molecule has 12 heteroatoms. The molecule has 0 spiro atoms. The average molecular weight is 536 g/mol. The number of nitrogens with zero attached hydrogens (tertiary/aromatic N) is 1. The molecule has 3 amide bonds. The fraction of sp³-hybridized carbons (Fsp3) is 0.500. The van der Waals surface area contributed by atoms with E-state index < -0.39 is 47.9 Å². The Balaban J connectivity index is 1.65. The summed E-state index contributed by atoms with van der Waals surface area (Å²) in [5, 5.41) is 15.8. The second kappa shape index (κ2) is 13.0. The first-order chi connectivity index (χ1) is 17.3. The lowest BCUT2D eigenvalue weighted by atomic mass is 10.0. The van der Waals surface area contributed by atoms with E-state index in [1.165, 1.54) is 16.7 Å². The molecule has 2 heterocycles. The summed E-state index contributed by atoms with van der Waals surface area (Å²) in [4.78, 5) is 54.9. The quantitative estimate of drug-likeness (QED) is 0.219. The zero-order valence-electron chi connectivity index (χ0n) is 20.1. The van der Waals surface area contributed by atoms with Crippen LogP contribution in [0.5, 0.6) is 0 Å². The molecule has 1 saturated heterocycles. The van der Waals surface area contributed by atoms with Gasteiger partial charge in [0.2, 0.25) is 17.7 Å². The van der Waals surface area contributed by atoms with Gasteiger partial charge < -0.3 is 31.4 Å². The van der Waals surface area contributed by atoms with E-state index in [0.717, 1.165) is 16.5 Å². The molecular weight excluding hydrogens is 502 g/mol. The number of carbonyl (C=O) groups excluding carboxylic acids is 3. The highest BCUT2D eigenvalue weighted by Crippen LogP contribution is 2.20. The lowest BCUT2D eigenvalue weighted by Gasteiger charge is -2.28. The number of aromatic nitrogens is 1. The van der Waals surface area contributed by atoms with Crippen LogP contribution in [0.1, 0.15) is 24.8 Å². The van der Waals surface area contributed by atoms with E-state index in [-0.39, 0.29) is 12.2 Å². The highest BCUT2D eigenvalue weighted by atomic mass is 32.2. The van der Waals surface area contributed by atoms with Crippen molar-refractivity contribution in [2.45, 2.75) is 49.9 Å². The van der Waals surface area contributed by atoms with Crippen LogP contribution in [-0.4, -0.2) is 87.2 Å². The van der Waals surface area contributed by atoms with Gasteiger partial charge in [-0.05, 0) is 49.3 Å². The summed E-state index contributed by atoms with van der Waals surface area (Å²) in [5.41, 5.74) is 8.03. The Bertz CT molecular complexity index is 1090. The first-order valence-electron chi connectivity index (χ1n) is 11.8. The fourth-order valence-electron chi connectivity index (χ4n) is 4.36. The van der Waals surface area contributed by atoms with Gasteiger partial charge in [-0.3, -0.25) is 14.4 Å². The first-order valence-corrected chi connectivity index (χ1v) is 13.8. The van der Waals surface area contributed by atoms with Crippen molar-refractivity contribution >= 4 is 59.0 Å². The van der Waals surface area contributed by atoms with Gasteiger partial charge in [0.05, 0.1) is 6.04 Å². The third-order valence-electron chi connectivity index (χ3n) is 6.31. The molecule has 4 atom stereocenters. The van der Waals surface area contributed by atoms with Crippen LogP contribution in [-0.2, 0) is 25.6 Å². The lowest BCUT2D eigenvalue weighted by Crippen LogP contribution is -2.58. The maximum Gasteiger partial charge on any atom is 0.326 e. The normalized spacial score (nSPS) is 18.0. The number of likely N-dealkylation sites (tertiary alicyclic amines) is 1. The number of carbonyl (C=O) groups is 4. The highest BCUT2D eigenvalue weighted by molar-refractivity contribution is 7.98.